The third kappa shape index (κ3) is 2.68. The van der Waals surface area contributed by atoms with Gasteiger partial charge in [0.25, 0.3) is 0 Å². The van der Waals surface area contributed by atoms with E-state index in [1.165, 1.54) is 0 Å². The minimum Gasteiger partial charge on any atom is -0.272 e. The summed E-state index contributed by atoms with van der Waals surface area (Å²) < 4.78 is 28.0. The van der Waals surface area contributed by atoms with Crippen LogP contribution in [0.15, 0.2) is 30.7 Å². The van der Waals surface area contributed by atoms with Crippen molar-refractivity contribution in [1.82, 2.24) is 14.8 Å². The third-order valence-corrected chi connectivity index (χ3v) is 3.96. The zero-order valence-corrected chi connectivity index (χ0v) is 11.5. The van der Waals surface area contributed by atoms with Crippen LogP contribution in [-0.2, 0) is 6.54 Å². The molecule has 3 rings (SSSR count). The Morgan fingerprint density at radius 1 is 1.30 bits per heavy atom. The summed E-state index contributed by atoms with van der Waals surface area (Å²) in [6.45, 7) is 0.527. The van der Waals surface area contributed by atoms with Gasteiger partial charge in [-0.25, -0.2) is 13.8 Å². The lowest BCUT2D eigenvalue weighted by atomic mass is 10.1. The third-order valence-electron chi connectivity index (χ3n) is 3.66. The van der Waals surface area contributed by atoms with E-state index < -0.39 is 12.3 Å². The molecule has 106 valence electrons. The van der Waals surface area contributed by atoms with Crippen LogP contribution in [0.25, 0.3) is 11.1 Å². The molecule has 0 spiro atoms. The molecule has 3 nitrogen and oxygen atoms in total. The van der Waals surface area contributed by atoms with Crippen LogP contribution in [0, 0.1) is 5.92 Å². The zero-order chi connectivity index (χ0) is 14.1. The number of halogens is 3. The highest BCUT2D eigenvalue weighted by Crippen LogP contribution is 2.32. The van der Waals surface area contributed by atoms with E-state index in [-0.39, 0.29) is 18.8 Å². The van der Waals surface area contributed by atoms with E-state index in [1.54, 1.807) is 23.1 Å². The molecule has 0 radical (unpaired) electrons. The molecule has 6 heteroatoms. The Labute approximate surface area is 120 Å². The van der Waals surface area contributed by atoms with Gasteiger partial charge < -0.3 is 0 Å². The normalized spacial score (nSPS) is 23.4. The fourth-order valence-electron chi connectivity index (χ4n) is 2.65. The fourth-order valence-corrected chi connectivity index (χ4v) is 2.87. The Hall–Kier alpha value is -1.49. The van der Waals surface area contributed by atoms with Crippen LogP contribution >= 0.6 is 11.6 Å². The molecule has 1 fully saturated rings. The summed E-state index contributed by atoms with van der Waals surface area (Å²) in [5.41, 5.74) is 1.66. The van der Waals surface area contributed by atoms with E-state index in [9.17, 15) is 8.78 Å². The highest BCUT2D eigenvalue weighted by Gasteiger charge is 2.34. The van der Waals surface area contributed by atoms with Crippen molar-refractivity contribution >= 4 is 11.6 Å². The Morgan fingerprint density at radius 3 is 2.75 bits per heavy atom. The Morgan fingerprint density at radius 2 is 2.05 bits per heavy atom. The number of hydrogen-bond acceptors (Lipinski definition) is 2. The molecule has 0 saturated heterocycles. The predicted molar refractivity (Wildman–Crippen MR) is 73.0 cm³/mol. The van der Waals surface area contributed by atoms with E-state index in [0.717, 1.165) is 11.1 Å². The lowest BCUT2D eigenvalue weighted by molar-refractivity contribution is 0.199. The molecular weight excluding hydrogens is 284 g/mol. The first-order valence-electron chi connectivity index (χ1n) is 6.55. The molecule has 2 atom stereocenters. The van der Waals surface area contributed by atoms with Gasteiger partial charge in [-0.1, -0.05) is 11.6 Å². The maximum Gasteiger partial charge on any atom is 0.136 e. The smallest absolute Gasteiger partial charge is 0.136 e. The summed E-state index contributed by atoms with van der Waals surface area (Å²) in [5, 5.41) is 4.65. The van der Waals surface area contributed by atoms with E-state index in [0.29, 0.717) is 11.7 Å². The largest absolute Gasteiger partial charge is 0.272 e. The molecule has 2 aromatic rings. The first-order chi connectivity index (χ1) is 9.63. The summed E-state index contributed by atoms with van der Waals surface area (Å²) in [6, 6.07) is 3.67. The number of aromatic nitrogens is 3. The van der Waals surface area contributed by atoms with Gasteiger partial charge in [0.1, 0.15) is 17.5 Å². The van der Waals surface area contributed by atoms with Crippen molar-refractivity contribution in [3.8, 4) is 11.1 Å². The number of alkyl halides is 2. The van der Waals surface area contributed by atoms with E-state index in [4.69, 9.17) is 11.6 Å². The monoisotopic (exact) mass is 297 g/mol. The number of rotatable bonds is 3. The average Bonchev–Trinajstić information content (AvgIpc) is 2.98. The Kier molecular flexibility index (Phi) is 3.70. The average molecular weight is 298 g/mol. The molecule has 20 heavy (non-hydrogen) atoms. The standard InChI is InChI=1S/C14H14ClF2N3/c15-14-11(2-1-3-18-14)10-6-19-20(8-10)7-9-4-12(16)13(17)5-9/h1-3,6,8-9,12-13H,4-5,7H2/t12-,13-/m1/s1. The van der Waals surface area contributed by atoms with E-state index >= 15 is 0 Å². The van der Waals surface area contributed by atoms with Gasteiger partial charge in [-0.3, -0.25) is 4.68 Å². The maximum absolute atomic E-state index is 13.2. The fraction of sp³-hybridized carbons (Fsp3) is 0.429. The van der Waals surface area contributed by atoms with Crippen LogP contribution in [0.1, 0.15) is 12.8 Å². The second-order valence-electron chi connectivity index (χ2n) is 5.16. The first-order valence-corrected chi connectivity index (χ1v) is 6.93. The summed E-state index contributed by atoms with van der Waals surface area (Å²) in [6.07, 6.45) is 3.02. The van der Waals surface area contributed by atoms with Crippen molar-refractivity contribution in [3.63, 3.8) is 0 Å². The summed E-state index contributed by atoms with van der Waals surface area (Å²) >= 11 is 6.03. The molecule has 0 bridgehead atoms. The second-order valence-corrected chi connectivity index (χ2v) is 5.52. The molecule has 2 aromatic heterocycles. The van der Waals surface area contributed by atoms with Crippen LogP contribution < -0.4 is 0 Å². The predicted octanol–water partition coefficient (Wildman–Crippen LogP) is 3.68. The van der Waals surface area contributed by atoms with Crippen LogP contribution in [0.4, 0.5) is 8.78 Å². The van der Waals surface area contributed by atoms with Gasteiger partial charge in [0, 0.05) is 30.1 Å². The van der Waals surface area contributed by atoms with Crippen LogP contribution in [0.5, 0.6) is 0 Å². The van der Waals surface area contributed by atoms with Crippen molar-refractivity contribution in [3.05, 3.63) is 35.9 Å². The van der Waals surface area contributed by atoms with Crippen LogP contribution in [0.3, 0.4) is 0 Å². The van der Waals surface area contributed by atoms with Gasteiger partial charge in [0.2, 0.25) is 0 Å². The van der Waals surface area contributed by atoms with Crippen molar-refractivity contribution in [1.29, 1.82) is 0 Å². The molecule has 0 aromatic carbocycles. The number of pyridine rings is 1. The second kappa shape index (κ2) is 5.48. The highest BCUT2D eigenvalue weighted by atomic mass is 35.5. The van der Waals surface area contributed by atoms with Crippen molar-refractivity contribution in [2.24, 2.45) is 5.92 Å². The van der Waals surface area contributed by atoms with Crippen LogP contribution in [0.2, 0.25) is 5.15 Å². The summed E-state index contributed by atoms with van der Waals surface area (Å²) in [7, 11) is 0. The van der Waals surface area contributed by atoms with Crippen molar-refractivity contribution < 1.29 is 8.78 Å². The van der Waals surface area contributed by atoms with E-state index in [2.05, 4.69) is 10.1 Å². The lowest BCUT2D eigenvalue weighted by Crippen LogP contribution is -2.08. The van der Waals surface area contributed by atoms with Gasteiger partial charge in [0.05, 0.1) is 6.20 Å². The van der Waals surface area contributed by atoms with Crippen LogP contribution in [-0.4, -0.2) is 27.1 Å². The Bertz CT molecular complexity index is 592. The SMILES string of the molecule is F[C@@H]1CC(Cn2cc(-c3cccnc3Cl)cn2)C[C@H]1F. The molecule has 0 unspecified atom stereocenters. The molecule has 1 aliphatic carbocycles. The topological polar surface area (TPSA) is 30.7 Å². The van der Waals surface area contributed by atoms with E-state index in [1.807, 2.05) is 12.3 Å². The van der Waals surface area contributed by atoms with Crippen molar-refractivity contribution in [2.45, 2.75) is 31.7 Å². The molecule has 1 aliphatic rings. The molecule has 1 saturated carbocycles. The summed E-state index contributed by atoms with van der Waals surface area (Å²) in [4.78, 5) is 4.02. The van der Waals surface area contributed by atoms with Gasteiger partial charge in [-0.05, 0) is 30.9 Å². The van der Waals surface area contributed by atoms with Gasteiger partial charge >= 0.3 is 0 Å². The Balaban J connectivity index is 1.73. The van der Waals surface area contributed by atoms with Gasteiger partial charge in [-0.15, -0.1) is 0 Å². The maximum atomic E-state index is 13.2. The highest BCUT2D eigenvalue weighted by molar-refractivity contribution is 6.32. The quantitative estimate of drug-likeness (QED) is 0.809. The van der Waals surface area contributed by atoms with Crippen molar-refractivity contribution in [2.75, 3.05) is 0 Å². The lowest BCUT2D eigenvalue weighted by Gasteiger charge is -2.08. The molecule has 0 N–H and O–H groups in total. The van der Waals surface area contributed by atoms with Gasteiger partial charge in [-0.2, -0.15) is 5.10 Å². The minimum absolute atomic E-state index is 0.00267. The molecule has 0 amide bonds. The summed E-state index contributed by atoms with van der Waals surface area (Å²) in [5.74, 6) is -0.00267. The first kappa shape index (κ1) is 13.5. The zero-order valence-electron chi connectivity index (χ0n) is 10.7. The number of hydrogen-bond donors (Lipinski definition) is 0. The molecule has 0 aliphatic heterocycles. The molecular formula is C14H14ClF2N3. The minimum atomic E-state index is -1.33. The molecule has 2 heterocycles. The van der Waals surface area contributed by atoms with Gasteiger partial charge in [0.15, 0.2) is 0 Å². The number of nitrogens with zero attached hydrogens (tertiary/aromatic N) is 3.